The zero-order chi connectivity index (χ0) is 10.8. The van der Waals surface area contributed by atoms with E-state index in [1.807, 2.05) is 23.5 Å². The van der Waals surface area contributed by atoms with Crippen molar-refractivity contribution >= 4 is 23.5 Å². The molecular weight excluding hydrogens is 220 g/mol. The molecule has 0 spiro atoms. The minimum absolute atomic E-state index is 0.838. The van der Waals surface area contributed by atoms with Crippen LogP contribution < -0.4 is 0 Å². The Bertz CT molecular complexity index is 158. The molecule has 0 aromatic rings. The minimum Gasteiger partial charge on any atom is -0.119 e. The lowest BCUT2D eigenvalue weighted by Crippen LogP contribution is -1.91. The molecule has 0 aromatic heterocycles. The van der Waals surface area contributed by atoms with Crippen molar-refractivity contribution in [1.29, 1.82) is 0 Å². The van der Waals surface area contributed by atoms with Gasteiger partial charge in [0, 0.05) is 0 Å². The molecule has 15 heavy (non-hydrogen) atoms. The second kappa shape index (κ2) is 9.65. The molecule has 1 aliphatic rings. The van der Waals surface area contributed by atoms with E-state index in [0.717, 1.165) is 4.58 Å². The van der Waals surface area contributed by atoms with Crippen molar-refractivity contribution in [2.45, 2.75) is 69.3 Å². The van der Waals surface area contributed by atoms with Crippen LogP contribution in [-0.2, 0) is 0 Å². The fourth-order valence-electron chi connectivity index (χ4n) is 1.85. The molecule has 0 unspecified atom stereocenters. The van der Waals surface area contributed by atoms with Gasteiger partial charge in [-0.05, 0) is 17.2 Å². The van der Waals surface area contributed by atoms with Crippen LogP contribution in [0.3, 0.4) is 0 Å². The molecule has 0 N–H and O–H groups in total. The van der Waals surface area contributed by atoms with Gasteiger partial charge < -0.3 is 0 Å². The molecule has 2 heteroatoms. The molecule has 0 radical (unpaired) electrons. The average Bonchev–Trinajstić information content (AvgIpc) is 2.75. The fraction of sp³-hybridized carbons (Fsp3) is 0.846. The Morgan fingerprint density at radius 2 is 1.33 bits per heavy atom. The lowest BCUT2D eigenvalue weighted by molar-refractivity contribution is 0.571. The number of hydrogen-bond acceptors (Lipinski definition) is 2. The Morgan fingerprint density at radius 3 is 1.93 bits per heavy atom. The first-order valence-corrected chi connectivity index (χ1v) is 8.28. The van der Waals surface area contributed by atoms with Gasteiger partial charge in [0.15, 0.2) is 0 Å². The predicted molar refractivity (Wildman–Crippen MR) is 75.3 cm³/mol. The third kappa shape index (κ3) is 7.35. The average molecular weight is 244 g/mol. The van der Waals surface area contributed by atoms with Crippen molar-refractivity contribution in [3.05, 3.63) is 10.8 Å². The normalized spacial score (nSPS) is 16.3. The van der Waals surface area contributed by atoms with Crippen LogP contribution >= 0.6 is 23.5 Å². The van der Waals surface area contributed by atoms with Crippen molar-refractivity contribution in [3.8, 4) is 0 Å². The van der Waals surface area contributed by atoms with Crippen molar-refractivity contribution in [1.82, 2.24) is 0 Å². The van der Waals surface area contributed by atoms with E-state index >= 15 is 0 Å². The largest absolute Gasteiger partial charge is 0.119 e. The Morgan fingerprint density at radius 1 is 0.800 bits per heavy atom. The maximum Gasteiger partial charge on any atom is 0.0585 e. The summed E-state index contributed by atoms with van der Waals surface area (Å²) in [5.74, 6) is 0. The molecule has 0 aliphatic carbocycles. The summed E-state index contributed by atoms with van der Waals surface area (Å²) in [6, 6.07) is 0. The number of thioether (sulfide) groups is 2. The van der Waals surface area contributed by atoms with Gasteiger partial charge in [0.05, 0.1) is 4.58 Å². The van der Waals surface area contributed by atoms with E-state index in [2.05, 4.69) is 17.7 Å². The summed E-state index contributed by atoms with van der Waals surface area (Å²) in [4.78, 5) is 0. The minimum atomic E-state index is 0.838. The fourth-order valence-corrected chi connectivity index (χ4v) is 3.96. The van der Waals surface area contributed by atoms with Crippen molar-refractivity contribution in [3.63, 3.8) is 0 Å². The van der Waals surface area contributed by atoms with Gasteiger partial charge in [0.25, 0.3) is 0 Å². The first kappa shape index (κ1) is 13.5. The van der Waals surface area contributed by atoms with Gasteiger partial charge in [-0.25, -0.2) is 0 Å². The van der Waals surface area contributed by atoms with Crippen molar-refractivity contribution < 1.29 is 0 Å². The topological polar surface area (TPSA) is 0 Å². The third-order valence-corrected chi connectivity index (χ3v) is 5.31. The van der Waals surface area contributed by atoms with E-state index in [-0.39, 0.29) is 0 Å². The molecule has 0 saturated heterocycles. The van der Waals surface area contributed by atoms with Gasteiger partial charge in [0.1, 0.15) is 0 Å². The molecule has 0 nitrogen and oxygen atoms in total. The molecule has 0 amide bonds. The molecule has 0 fully saturated rings. The standard InChI is InChI=1S/C13H24S2/c1-2-3-4-5-6-7-8-9-10-13-14-11-12-15-13/h11-13H,2-10H2,1H3. The van der Waals surface area contributed by atoms with Gasteiger partial charge in [-0.15, -0.1) is 23.5 Å². The van der Waals surface area contributed by atoms with Gasteiger partial charge in [0.2, 0.25) is 0 Å². The lowest BCUT2D eigenvalue weighted by atomic mass is 10.1. The highest BCUT2D eigenvalue weighted by atomic mass is 32.2. The van der Waals surface area contributed by atoms with Crippen LogP contribution in [0.25, 0.3) is 0 Å². The van der Waals surface area contributed by atoms with Gasteiger partial charge >= 0.3 is 0 Å². The summed E-state index contributed by atoms with van der Waals surface area (Å²) >= 11 is 4.00. The molecule has 1 aliphatic heterocycles. The quantitative estimate of drug-likeness (QED) is 0.470. The van der Waals surface area contributed by atoms with Crippen molar-refractivity contribution in [2.24, 2.45) is 0 Å². The van der Waals surface area contributed by atoms with E-state index in [0.29, 0.717) is 0 Å². The van der Waals surface area contributed by atoms with E-state index in [4.69, 9.17) is 0 Å². The van der Waals surface area contributed by atoms with Crippen LogP contribution in [0.2, 0.25) is 0 Å². The van der Waals surface area contributed by atoms with Crippen LogP contribution in [0.4, 0.5) is 0 Å². The predicted octanol–water partition coefficient (Wildman–Crippen LogP) is 5.79. The maximum atomic E-state index is 2.28. The number of unbranched alkanes of at least 4 members (excludes halogenated alkanes) is 7. The highest BCUT2D eigenvalue weighted by Crippen LogP contribution is 2.36. The van der Waals surface area contributed by atoms with E-state index in [9.17, 15) is 0 Å². The SMILES string of the molecule is CCCCCCCCCCC1SC=CS1. The number of hydrogen-bond donors (Lipinski definition) is 0. The summed E-state index contributed by atoms with van der Waals surface area (Å²) in [5.41, 5.74) is 0. The van der Waals surface area contributed by atoms with Crippen LogP contribution in [0.1, 0.15) is 64.7 Å². The molecule has 88 valence electrons. The second-order valence-electron chi connectivity index (χ2n) is 4.24. The lowest BCUT2D eigenvalue weighted by Gasteiger charge is -2.06. The summed E-state index contributed by atoms with van der Waals surface area (Å²) in [5, 5.41) is 4.47. The summed E-state index contributed by atoms with van der Waals surface area (Å²) in [6.07, 6.45) is 12.9. The molecule has 0 atom stereocenters. The maximum absolute atomic E-state index is 2.28. The zero-order valence-corrected chi connectivity index (χ0v) is 11.5. The number of rotatable bonds is 9. The Kier molecular flexibility index (Phi) is 8.69. The van der Waals surface area contributed by atoms with Gasteiger partial charge in [-0.1, -0.05) is 58.3 Å². The van der Waals surface area contributed by atoms with Crippen LogP contribution in [0.5, 0.6) is 0 Å². The van der Waals surface area contributed by atoms with E-state index < -0.39 is 0 Å². The van der Waals surface area contributed by atoms with Crippen molar-refractivity contribution in [2.75, 3.05) is 0 Å². The molecule has 1 heterocycles. The molecule has 1 rings (SSSR count). The van der Waals surface area contributed by atoms with Gasteiger partial charge in [-0.3, -0.25) is 0 Å². The zero-order valence-electron chi connectivity index (χ0n) is 9.91. The molecule has 0 bridgehead atoms. The Balaban J connectivity index is 1.73. The van der Waals surface area contributed by atoms with E-state index in [1.54, 1.807) is 0 Å². The van der Waals surface area contributed by atoms with Crippen LogP contribution in [-0.4, -0.2) is 4.58 Å². The molecule has 0 aromatic carbocycles. The molecular formula is C13H24S2. The Labute approximate surface area is 104 Å². The highest BCUT2D eigenvalue weighted by Gasteiger charge is 2.10. The third-order valence-electron chi connectivity index (χ3n) is 2.81. The summed E-state index contributed by atoms with van der Waals surface area (Å²) in [6.45, 7) is 2.28. The van der Waals surface area contributed by atoms with Gasteiger partial charge in [-0.2, -0.15) is 0 Å². The first-order chi connectivity index (χ1) is 7.43. The summed E-state index contributed by atoms with van der Waals surface area (Å²) < 4.78 is 0.838. The first-order valence-electron chi connectivity index (χ1n) is 6.39. The summed E-state index contributed by atoms with van der Waals surface area (Å²) in [7, 11) is 0. The monoisotopic (exact) mass is 244 g/mol. The molecule has 0 saturated carbocycles. The Hall–Kier alpha value is 0.440. The van der Waals surface area contributed by atoms with Crippen LogP contribution in [0.15, 0.2) is 10.8 Å². The van der Waals surface area contributed by atoms with E-state index in [1.165, 1.54) is 57.8 Å². The smallest absolute Gasteiger partial charge is 0.0585 e. The second-order valence-corrected chi connectivity index (χ2v) is 6.76. The van der Waals surface area contributed by atoms with Crippen LogP contribution in [0, 0.1) is 0 Å². The highest BCUT2D eigenvalue weighted by molar-refractivity contribution is 8.22.